The van der Waals surface area contributed by atoms with E-state index in [0.717, 1.165) is 5.41 Å². The zero-order valence-electron chi connectivity index (χ0n) is 6.43. The fraction of sp³-hybridized carbons (Fsp3) is 0.500. The number of aliphatic carboxylic acids is 1. The summed E-state index contributed by atoms with van der Waals surface area (Å²) >= 11 is 0. The van der Waals surface area contributed by atoms with Crippen LogP contribution in [0.3, 0.4) is 0 Å². The van der Waals surface area contributed by atoms with Crippen molar-refractivity contribution in [3.63, 3.8) is 0 Å². The zero-order valence-corrected chi connectivity index (χ0v) is 7.25. The number of rotatable bonds is 5. The van der Waals surface area contributed by atoms with Gasteiger partial charge in [0.2, 0.25) is 0 Å². The van der Waals surface area contributed by atoms with Gasteiger partial charge in [-0.25, -0.2) is 8.42 Å². The van der Waals surface area contributed by atoms with Gasteiger partial charge in [-0.3, -0.25) is 4.79 Å². The van der Waals surface area contributed by atoms with Gasteiger partial charge in [0.25, 0.3) is 0 Å². The lowest BCUT2D eigenvalue weighted by Crippen LogP contribution is -2.31. The number of carbonyl (C=O) groups is 1. The van der Waals surface area contributed by atoms with Crippen molar-refractivity contribution in [1.82, 2.24) is 0 Å². The molecule has 5 nitrogen and oxygen atoms in total. The Morgan fingerprint density at radius 3 is 2.50 bits per heavy atom. The smallest absolute Gasteiger partial charge is 0.320 e. The number of carboxylic acids is 1. The van der Waals surface area contributed by atoms with E-state index in [2.05, 4.69) is 6.58 Å². The first-order chi connectivity index (χ1) is 5.39. The van der Waals surface area contributed by atoms with Crippen LogP contribution in [-0.4, -0.2) is 31.3 Å². The molecule has 0 saturated carbocycles. The predicted molar refractivity (Wildman–Crippen MR) is 44.2 cm³/mol. The average molecular weight is 193 g/mol. The number of carboxylic acid groups (broad SMARTS) is 1. The summed E-state index contributed by atoms with van der Waals surface area (Å²) in [4.78, 5) is 10.2. The molecule has 12 heavy (non-hydrogen) atoms. The molecule has 0 aliphatic rings. The maximum Gasteiger partial charge on any atom is 0.320 e. The van der Waals surface area contributed by atoms with Crippen molar-refractivity contribution in [1.29, 1.82) is 0 Å². The molecular formula is C6H11NO4S. The fourth-order valence-electron chi connectivity index (χ4n) is 0.498. The Labute approximate surface area is 70.8 Å². The Kier molecular flexibility index (Phi) is 3.91. The van der Waals surface area contributed by atoms with Crippen LogP contribution in [-0.2, 0) is 14.6 Å². The molecule has 0 aromatic rings. The molecule has 0 aliphatic carbocycles. The molecule has 0 amide bonds. The molecule has 0 fully saturated rings. The molecule has 0 bridgehead atoms. The Hall–Kier alpha value is -0.880. The SMILES string of the molecule is C=CS(=O)(=O)CCC(N)C(=O)O. The van der Waals surface area contributed by atoms with Crippen molar-refractivity contribution in [2.75, 3.05) is 5.75 Å². The van der Waals surface area contributed by atoms with Crippen LogP contribution in [0.1, 0.15) is 6.42 Å². The van der Waals surface area contributed by atoms with E-state index in [1.165, 1.54) is 0 Å². The minimum Gasteiger partial charge on any atom is -0.480 e. The van der Waals surface area contributed by atoms with Crippen LogP contribution < -0.4 is 5.73 Å². The number of hydrogen-bond donors (Lipinski definition) is 2. The quantitative estimate of drug-likeness (QED) is 0.604. The molecule has 6 heteroatoms. The maximum absolute atomic E-state index is 10.8. The van der Waals surface area contributed by atoms with Gasteiger partial charge < -0.3 is 10.8 Å². The third-order valence-corrected chi connectivity index (χ3v) is 2.60. The largest absolute Gasteiger partial charge is 0.480 e. The topological polar surface area (TPSA) is 97.5 Å². The van der Waals surface area contributed by atoms with Crippen molar-refractivity contribution in [3.05, 3.63) is 12.0 Å². The van der Waals surface area contributed by atoms with Crippen LogP contribution in [0.2, 0.25) is 0 Å². The van der Waals surface area contributed by atoms with Crippen molar-refractivity contribution >= 4 is 15.8 Å². The molecule has 0 aromatic heterocycles. The Morgan fingerprint density at radius 2 is 2.17 bits per heavy atom. The lowest BCUT2D eigenvalue weighted by molar-refractivity contribution is -0.138. The molecule has 1 unspecified atom stereocenters. The number of sulfone groups is 1. The summed E-state index contributed by atoms with van der Waals surface area (Å²) < 4.78 is 21.5. The van der Waals surface area contributed by atoms with Gasteiger partial charge in [-0.15, -0.1) is 0 Å². The summed E-state index contributed by atoms with van der Waals surface area (Å²) in [6.07, 6.45) is -0.0936. The summed E-state index contributed by atoms with van der Waals surface area (Å²) in [5.74, 6) is -1.47. The zero-order chi connectivity index (χ0) is 9.78. The first kappa shape index (κ1) is 11.1. The highest BCUT2D eigenvalue weighted by molar-refractivity contribution is 7.94. The molecule has 0 rings (SSSR count). The second kappa shape index (κ2) is 4.22. The highest BCUT2D eigenvalue weighted by Crippen LogP contribution is 1.97. The maximum atomic E-state index is 10.8. The number of nitrogens with two attached hydrogens (primary N) is 1. The lowest BCUT2D eigenvalue weighted by atomic mass is 10.2. The van der Waals surface area contributed by atoms with Crippen LogP contribution in [0.4, 0.5) is 0 Å². The monoisotopic (exact) mass is 193 g/mol. The predicted octanol–water partition coefficient (Wildman–Crippen LogP) is -0.653. The molecule has 0 heterocycles. The second-order valence-corrected chi connectivity index (χ2v) is 4.33. The molecule has 0 aliphatic heterocycles. The third kappa shape index (κ3) is 4.09. The summed E-state index contributed by atoms with van der Waals surface area (Å²) in [7, 11) is -3.33. The van der Waals surface area contributed by atoms with Crippen molar-refractivity contribution < 1.29 is 18.3 Å². The molecule has 3 N–H and O–H groups in total. The number of hydrogen-bond acceptors (Lipinski definition) is 4. The Balaban J connectivity index is 4.01. The Bertz CT molecular complexity index is 269. The van der Waals surface area contributed by atoms with Crippen molar-refractivity contribution in [2.45, 2.75) is 12.5 Å². The third-order valence-electron chi connectivity index (χ3n) is 1.28. The lowest BCUT2D eigenvalue weighted by Gasteiger charge is -2.03. The van der Waals surface area contributed by atoms with Gasteiger partial charge in [0.15, 0.2) is 9.84 Å². The Morgan fingerprint density at radius 1 is 1.67 bits per heavy atom. The highest BCUT2D eigenvalue weighted by Gasteiger charge is 2.14. The molecule has 0 aromatic carbocycles. The van der Waals surface area contributed by atoms with Crippen molar-refractivity contribution in [2.24, 2.45) is 5.73 Å². The van der Waals surface area contributed by atoms with E-state index >= 15 is 0 Å². The first-order valence-electron chi connectivity index (χ1n) is 3.22. The minimum atomic E-state index is -3.33. The summed E-state index contributed by atoms with van der Waals surface area (Å²) in [6, 6.07) is -1.13. The summed E-state index contributed by atoms with van der Waals surface area (Å²) in [5, 5.41) is 9.10. The van der Waals surface area contributed by atoms with E-state index in [1.807, 2.05) is 0 Å². The molecule has 0 spiro atoms. The van der Waals surface area contributed by atoms with Crippen LogP contribution in [0.25, 0.3) is 0 Å². The van der Waals surface area contributed by atoms with Gasteiger partial charge in [-0.05, 0) is 6.42 Å². The molecular weight excluding hydrogens is 182 g/mol. The normalized spacial score (nSPS) is 13.8. The van der Waals surface area contributed by atoms with Gasteiger partial charge in [0.1, 0.15) is 6.04 Å². The van der Waals surface area contributed by atoms with Crippen molar-refractivity contribution in [3.8, 4) is 0 Å². The van der Waals surface area contributed by atoms with E-state index in [-0.39, 0.29) is 12.2 Å². The summed E-state index contributed by atoms with van der Waals surface area (Å²) in [5.41, 5.74) is 5.08. The van der Waals surface area contributed by atoms with E-state index in [0.29, 0.717) is 0 Å². The van der Waals surface area contributed by atoms with Gasteiger partial charge in [-0.2, -0.15) is 0 Å². The fourth-order valence-corrected chi connectivity index (χ4v) is 1.25. The van der Waals surface area contributed by atoms with Crippen LogP contribution in [0.15, 0.2) is 12.0 Å². The molecule has 70 valence electrons. The van der Waals surface area contributed by atoms with Crippen LogP contribution in [0, 0.1) is 0 Å². The minimum absolute atomic E-state index is 0.0936. The standard InChI is InChI=1S/C6H11NO4S/c1-2-12(10,11)4-3-5(7)6(8)9/h2,5H,1,3-4,7H2,(H,8,9). The van der Waals surface area contributed by atoms with Crippen LogP contribution >= 0.6 is 0 Å². The first-order valence-corrected chi connectivity index (χ1v) is 4.94. The van der Waals surface area contributed by atoms with E-state index in [9.17, 15) is 13.2 Å². The van der Waals surface area contributed by atoms with Crippen LogP contribution in [0.5, 0.6) is 0 Å². The van der Waals surface area contributed by atoms with E-state index in [4.69, 9.17) is 10.8 Å². The van der Waals surface area contributed by atoms with Gasteiger partial charge in [0, 0.05) is 5.41 Å². The van der Waals surface area contributed by atoms with Gasteiger partial charge in [-0.1, -0.05) is 6.58 Å². The van der Waals surface area contributed by atoms with E-state index in [1.54, 1.807) is 0 Å². The van der Waals surface area contributed by atoms with Gasteiger partial charge >= 0.3 is 5.97 Å². The van der Waals surface area contributed by atoms with E-state index < -0.39 is 21.8 Å². The second-order valence-electron chi connectivity index (χ2n) is 2.27. The molecule has 1 atom stereocenters. The molecule has 0 radical (unpaired) electrons. The van der Waals surface area contributed by atoms with Gasteiger partial charge in [0.05, 0.1) is 5.75 Å². The summed E-state index contributed by atoms with van der Waals surface area (Å²) in [6.45, 7) is 3.08. The highest BCUT2D eigenvalue weighted by atomic mass is 32.2. The average Bonchev–Trinajstić information content (AvgIpc) is 2.00. The molecule has 0 saturated heterocycles.